The molecular formula is C19H22N2O2S. The minimum absolute atomic E-state index is 0.280. The van der Waals surface area contributed by atoms with E-state index < -0.39 is 10.0 Å². The highest BCUT2D eigenvalue weighted by atomic mass is 32.2. The second-order valence-electron chi connectivity index (χ2n) is 6.06. The van der Waals surface area contributed by atoms with Crippen LogP contribution in [-0.2, 0) is 30.0 Å². The standard InChI is InChI=1S/C19H22N2O2S/c1-4-15-5-8-18(9-6-15)24(22,23)20-13-16-7-10-19-17(12-16)11-14(2)21(19)3/h5-12,20H,4,13H2,1-3H3. The average molecular weight is 342 g/mol. The van der Waals surface area contributed by atoms with Crippen LogP contribution < -0.4 is 4.72 Å². The topological polar surface area (TPSA) is 51.1 Å². The second-order valence-corrected chi connectivity index (χ2v) is 7.83. The van der Waals surface area contributed by atoms with Gasteiger partial charge in [-0.1, -0.05) is 25.1 Å². The van der Waals surface area contributed by atoms with E-state index in [1.165, 1.54) is 5.69 Å². The Morgan fingerprint density at radius 3 is 2.33 bits per heavy atom. The van der Waals surface area contributed by atoms with Gasteiger partial charge in [0.2, 0.25) is 10.0 Å². The molecule has 1 N–H and O–H groups in total. The van der Waals surface area contributed by atoms with Crippen molar-refractivity contribution in [1.82, 2.24) is 9.29 Å². The van der Waals surface area contributed by atoms with Crippen LogP contribution in [0.25, 0.3) is 10.9 Å². The monoisotopic (exact) mass is 342 g/mol. The number of benzene rings is 2. The van der Waals surface area contributed by atoms with Gasteiger partial charge in [0.15, 0.2) is 0 Å². The fraction of sp³-hybridized carbons (Fsp3) is 0.263. The van der Waals surface area contributed by atoms with Crippen LogP contribution >= 0.6 is 0 Å². The van der Waals surface area contributed by atoms with Gasteiger partial charge in [0, 0.05) is 30.2 Å². The first kappa shape index (κ1) is 16.7. The summed E-state index contributed by atoms with van der Waals surface area (Å²) in [7, 11) is -1.47. The van der Waals surface area contributed by atoms with Crippen molar-refractivity contribution in [2.45, 2.75) is 31.7 Å². The van der Waals surface area contributed by atoms with Crippen molar-refractivity contribution in [3.63, 3.8) is 0 Å². The number of fused-ring (bicyclic) bond motifs is 1. The van der Waals surface area contributed by atoms with Gasteiger partial charge in [0.25, 0.3) is 0 Å². The Morgan fingerprint density at radius 2 is 1.67 bits per heavy atom. The fourth-order valence-electron chi connectivity index (χ4n) is 2.81. The smallest absolute Gasteiger partial charge is 0.240 e. The van der Waals surface area contributed by atoms with Crippen molar-refractivity contribution in [1.29, 1.82) is 0 Å². The summed E-state index contributed by atoms with van der Waals surface area (Å²) >= 11 is 0. The van der Waals surface area contributed by atoms with Crippen molar-refractivity contribution >= 4 is 20.9 Å². The number of nitrogens with one attached hydrogen (secondary N) is 1. The van der Waals surface area contributed by atoms with E-state index in [2.05, 4.69) is 22.3 Å². The van der Waals surface area contributed by atoms with Gasteiger partial charge in [-0.3, -0.25) is 0 Å². The van der Waals surface area contributed by atoms with Gasteiger partial charge in [0.1, 0.15) is 0 Å². The summed E-state index contributed by atoms with van der Waals surface area (Å²) < 4.78 is 29.6. The molecule has 0 saturated heterocycles. The number of nitrogens with zero attached hydrogens (tertiary/aromatic N) is 1. The Bertz CT molecular complexity index is 971. The van der Waals surface area contributed by atoms with E-state index in [4.69, 9.17) is 0 Å². The first-order valence-electron chi connectivity index (χ1n) is 8.04. The van der Waals surface area contributed by atoms with E-state index in [1.807, 2.05) is 44.3 Å². The van der Waals surface area contributed by atoms with Crippen LogP contribution in [-0.4, -0.2) is 13.0 Å². The highest BCUT2D eigenvalue weighted by Crippen LogP contribution is 2.20. The predicted molar refractivity (Wildman–Crippen MR) is 97.5 cm³/mol. The third-order valence-corrected chi connectivity index (χ3v) is 5.87. The minimum atomic E-state index is -3.49. The summed E-state index contributed by atoms with van der Waals surface area (Å²) in [6.07, 6.45) is 0.893. The molecule has 0 spiro atoms. The molecular weight excluding hydrogens is 320 g/mol. The lowest BCUT2D eigenvalue weighted by molar-refractivity contribution is 0.581. The SMILES string of the molecule is CCc1ccc(S(=O)(=O)NCc2ccc3c(c2)cc(C)n3C)cc1. The molecule has 1 aromatic heterocycles. The van der Waals surface area contributed by atoms with Crippen molar-refractivity contribution in [3.05, 3.63) is 65.4 Å². The summed E-state index contributed by atoms with van der Waals surface area (Å²) in [5.74, 6) is 0. The maximum atomic E-state index is 12.4. The van der Waals surface area contributed by atoms with Crippen LogP contribution in [0, 0.1) is 6.92 Å². The van der Waals surface area contributed by atoms with Crippen LogP contribution in [0.2, 0.25) is 0 Å². The molecule has 0 aliphatic carbocycles. The quantitative estimate of drug-likeness (QED) is 0.771. The van der Waals surface area contributed by atoms with Crippen LogP contribution in [0.3, 0.4) is 0 Å². The molecule has 4 nitrogen and oxygen atoms in total. The highest BCUT2D eigenvalue weighted by Gasteiger charge is 2.13. The average Bonchev–Trinajstić information content (AvgIpc) is 2.87. The molecule has 0 bridgehead atoms. The van der Waals surface area contributed by atoms with Crippen molar-refractivity contribution in [2.75, 3.05) is 0 Å². The summed E-state index contributed by atoms with van der Waals surface area (Å²) in [5, 5.41) is 1.12. The normalized spacial score (nSPS) is 12.0. The van der Waals surface area contributed by atoms with Crippen molar-refractivity contribution < 1.29 is 8.42 Å². The van der Waals surface area contributed by atoms with Gasteiger partial charge in [-0.05, 0) is 54.8 Å². The molecule has 0 amide bonds. The third-order valence-electron chi connectivity index (χ3n) is 4.45. The molecule has 126 valence electrons. The van der Waals surface area contributed by atoms with E-state index in [9.17, 15) is 8.42 Å². The van der Waals surface area contributed by atoms with Crippen LogP contribution in [0.4, 0.5) is 0 Å². The molecule has 0 unspecified atom stereocenters. The number of hydrogen-bond acceptors (Lipinski definition) is 2. The molecule has 0 radical (unpaired) electrons. The Labute approximate surface area is 143 Å². The van der Waals surface area contributed by atoms with Gasteiger partial charge in [-0.25, -0.2) is 13.1 Å². The number of aryl methyl sites for hydroxylation is 3. The zero-order chi connectivity index (χ0) is 17.3. The van der Waals surface area contributed by atoms with Gasteiger partial charge in [-0.2, -0.15) is 0 Å². The van der Waals surface area contributed by atoms with E-state index in [0.717, 1.165) is 28.5 Å². The first-order chi connectivity index (χ1) is 11.4. The second kappa shape index (κ2) is 6.42. The summed E-state index contributed by atoms with van der Waals surface area (Å²) in [5.41, 5.74) is 4.40. The number of rotatable bonds is 5. The lowest BCUT2D eigenvalue weighted by Gasteiger charge is -2.08. The largest absolute Gasteiger partial charge is 0.348 e. The van der Waals surface area contributed by atoms with E-state index in [1.54, 1.807) is 12.1 Å². The molecule has 3 aromatic rings. The van der Waals surface area contributed by atoms with Gasteiger partial charge in [0.05, 0.1) is 4.90 Å². The molecule has 2 aromatic carbocycles. The lowest BCUT2D eigenvalue weighted by atomic mass is 10.1. The molecule has 0 saturated carbocycles. The molecule has 1 heterocycles. The minimum Gasteiger partial charge on any atom is -0.348 e. The summed E-state index contributed by atoms with van der Waals surface area (Å²) in [6, 6.07) is 15.2. The Hall–Kier alpha value is -2.11. The van der Waals surface area contributed by atoms with Crippen LogP contribution in [0.5, 0.6) is 0 Å². The molecule has 24 heavy (non-hydrogen) atoms. The maximum absolute atomic E-state index is 12.4. The zero-order valence-electron chi connectivity index (χ0n) is 14.2. The van der Waals surface area contributed by atoms with E-state index in [-0.39, 0.29) is 6.54 Å². The molecule has 0 atom stereocenters. The van der Waals surface area contributed by atoms with Crippen LogP contribution in [0.1, 0.15) is 23.7 Å². The van der Waals surface area contributed by atoms with E-state index in [0.29, 0.717) is 4.90 Å². The first-order valence-corrected chi connectivity index (χ1v) is 9.52. The Morgan fingerprint density at radius 1 is 1.00 bits per heavy atom. The van der Waals surface area contributed by atoms with Crippen molar-refractivity contribution in [3.8, 4) is 0 Å². The number of aromatic nitrogens is 1. The lowest BCUT2D eigenvalue weighted by Crippen LogP contribution is -2.23. The highest BCUT2D eigenvalue weighted by molar-refractivity contribution is 7.89. The molecule has 0 fully saturated rings. The van der Waals surface area contributed by atoms with Gasteiger partial charge >= 0.3 is 0 Å². The van der Waals surface area contributed by atoms with Gasteiger partial charge < -0.3 is 4.57 Å². The summed E-state index contributed by atoms with van der Waals surface area (Å²) in [4.78, 5) is 0.302. The summed E-state index contributed by atoms with van der Waals surface area (Å²) in [6.45, 7) is 4.38. The van der Waals surface area contributed by atoms with E-state index >= 15 is 0 Å². The number of sulfonamides is 1. The van der Waals surface area contributed by atoms with Gasteiger partial charge in [-0.15, -0.1) is 0 Å². The Balaban J connectivity index is 1.78. The fourth-order valence-corrected chi connectivity index (χ4v) is 3.83. The molecule has 3 rings (SSSR count). The molecule has 0 aliphatic heterocycles. The predicted octanol–water partition coefficient (Wildman–Crippen LogP) is 3.53. The Kier molecular flexibility index (Phi) is 4.47. The molecule has 0 aliphatic rings. The van der Waals surface area contributed by atoms with Crippen LogP contribution in [0.15, 0.2) is 53.4 Å². The van der Waals surface area contributed by atoms with Crippen molar-refractivity contribution in [2.24, 2.45) is 7.05 Å². The maximum Gasteiger partial charge on any atom is 0.240 e. The molecule has 5 heteroatoms. The third kappa shape index (κ3) is 3.23. The zero-order valence-corrected chi connectivity index (χ0v) is 15.0. The number of hydrogen-bond donors (Lipinski definition) is 1.